The summed E-state index contributed by atoms with van der Waals surface area (Å²) in [6.07, 6.45) is 10.3. The first-order chi connectivity index (χ1) is 7.49. The molecule has 16 heavy (non-hydrogen) atoms. The first-order valence-electron chi connectivity index (χ1n) is 5.37. The maximum atomic E-state index is 4.38. The summed E-state index contributed by atoms with van der Waals surface area (Å²) in [5.41, 5.74) is 3.39. The molecule has 0 aliphatic heterocycles. The van der Waals surface area contributed by atoms with Crippen molar-refractivity contribution >= 4 is 34.7 Å². The lowest BCUT2D eigenvalue weighted by atomic mass is 9.93. The third-order valence-corrected chi connectivity index (χ3v) is 3.26. The summed E-state index contributed by atoms with van der Waals surface area (Å²) in [6, 6.07) is 0. The smallest absolute Gasteiger partial charge is 0.116 e. The number of halogens is 1. The molecule has 1 aliphatic carbocycles. The van der Waals surface area contributed by atoms with Gasteiger partial charge in [0.05, 0.1) is 15.3 Å². The third kappa shape index (κ3) is 2.34. The Labute approximate surface area is 110 Å². The van der Waals surface area contributed by atoms with Gasteiger partial charge in [-0.1, -0.05) is 54.7 Å². The van der Waals surface area contributed by atoms with Gasteiger partial charge in [0.15, 0.2) is 0 Å². The van der Waals surface area contributed by atoms with Gasteiger partial charge in [-0.05, 0) is 13.0 Å². The molecule has 0 saturated heterocycles. The van der Waals surface area contributed by atoms with Crippen molar-refractivity contribution in [1.82, 2.24) is 9.97 Å². The molecule has 1 aromatic heterocycles. The second kappa shape index (κ2) is 4.28. The van der Waals surface area contributed by atoms with Crippen LogP contribution in [0, 0.1) is 5.41 Å². The van der Waals surface area contributed by atoms with Crippen molar-refractivity contribution < 1.29 is 0 Å². The second-order valence-electron chi connectivity index (χ2n) is 4.66. The van der Waals surface area contributed by atoms with Crippen LogP contribution in [0.4, 0.5) is 0 Å². The summed E-state index contributed by atoms with van der Waals surface area (Å²) >= 11 is 2.39. The Morgan fingerprint density at radius 1 is 1.19 bits per heavy atom. The number of nitrogens with zero attached hydrogens (tertiary/aromatic N) is 2. The third-order valence-electron chi connectivity index (χ3n) is 2.67. The molecule has 1 unspecified atom stereocenters. The Morgan fingerprint density at radius 3 is 2.56 bits per heavy atom. The molecule has 3 heteroatoms. The fourth-order valence-corrected chi connectivity index (χ4v) is 2.19. The van der Waals surface area contributed by atoms with Crippen molar-refractivity contribution in [1.29, 1.82) is 0 Å². The summed E-state index contributed by atoms with van der Waals surface area (Å²) in [5, 5.41) is 0. The van der Waals surface area contributed by atoms with Crippen molar-refractivity contribution in [2.75, 3.05) is 0 Å². The lowest BCUT2D eigenvalue weighted by Crippen LogP contribution is -2.00. The molecule has 0 N–H and O–H groups in total. The topological polar surface area (TPSA) is 25.8 Å². The Hall–Kier alpha value is -0.710. The zero-order chi connectivity index (χ0) is 11.8. The highest BCUT2D eigenvalue weighted by Crippen LogP contribution is 2.31. The monoisotopic (exact) mass is 326 g/mol. The number of hydrogen-bond acceptors (Lipinski definition) is 2. The Morgan fingerprint density at radius 2 is 1.88 bits per heavy atom. The van der Waals surface area contributed by atoms with Gasteiger partial charge in [-0.25, -0.2) is 9.97 Å². The van der Waals surface area contributed by atoms with E-state index in [2.05, 4.69) is 77.6 Å². The second-order valence-corrected chi connectivity index (χ2v) is 6.53. The van der Waals surface area contributed by atoms with Crippen LogP contribution in [0.15, 0.2) is 18.5 Å². The van der Waals surface area contributed by atoms with Crippen LogP contribution in [0.25, 0.3) is 12.2 Å². The largest absolute Gasteiger partial charge is 0.240 e. The molecule has 1 heterocycles. The van der Waals surface area contributed by atoms with Crippen LogP contribution in [0.5, 0.6) is 0 Å². The van der Waals surface area contributed by atoms with Gasteiger partial charge in [-0.3, -0.25) is 0 Å². The van der Waals surface area contributed by atoms with Crippen molar-refractivity contribution in [3.8, 4) is 0 Å². The molecule has 0 fully saturated rings. The molecular weight excluding hydrogens is 311 g/mol. The van der Waals surface area contributed by atoms with Gasteiger partial charge in [0.2, 0.25) is 0 Å². The van der Waals surface area contributed by atoms with Gasteiger partial charge in [0.25, 0.3) is 0 Å². The summed E-state index contributed by atoms with van der Waals surface area (Å²) in [6.45, 7) is 6.52. The maximum absolute atomic E-state index is 4.38. The quantitative estimate of drug-likeness (QED) is 0.575. The minimum atomic E-state index is 0.0898. The van der Waals surface area contributed by atoms with Crippen LogP contribution in [0.2, 0.25) is 0 Å². The lowest BCUT2D eigenvalue weighted by Gasteiger charge is -2.12. The molecule has 0 amide bonds. The van der Waals surface area contributed by atoms with E-state index in [1.54, 1.807) is 6.33 Å². The fourth-order valence-electron chi connectivity index (χ4n) is 1.69. The van der Waals surface area contributed by atoms with E-state index in [-0.39, 0.29) is 5.41 Å². The highest BCUT2D eigenvalue weighted by atomic mass is 127. The minimum Gasteiger partial charge on any atom is -0.240 e. The zero-order valence-corrected chi connectivity index (χ0v) is 11.9. The molecule has 0 spiro atoms. The van der Waals surface area contributed by atoms with Crippen LogP contribution in [0.3, 0.4) is 0 Å². The lowest BCUT2D eigenvalue weighted by molar-refractivity contribution is 0.633. The van der Waals surface area contributed by atoms with Crippen molar-refractivity contribution in [3.05, 3.63) is 35.4 Å². The number of fused-ring (bicyclic) bond motifs is 1. The Bertz CT molecular complexity index is 459. The number of rotatable bonds is 1. The van der Waals surface area contributed by atoms with Gasteiger partial charge < -0.3 is 0 Å². The van der Waals surface area contributed by atoms with E-state index in [0.29, 0.717) is 3.92 Å². The van der Waals surface area contributed by atoms with E-state index in [4.69, 9.17) is 0 Å². The van der Waals surface area contributed by atoms with Crippen LogP contribution < -0.4 is 0 Å². The predicted molar refractivity (Wildman–Crippen MR) is 76.3 cm³/mol. The molecule has 0 saturated carbocycles. The van der Waals surface area contributed by atoms with Crippen LogP contribution in [-0.2, 0) is 0 Å². The highest BCUT2D eigenvalue weighted by molar-refractivity contribution is 14.1. The van der Waals surface area contributed by atoms with E-state index in [1.165, 1.54) is 0 Å². The van der Waals surface area contributed by atoms with Gasteiger partial charge in [-0.2, -0.15) is 0 Å². The molecule has 2 nitrogen and oxygen atoms in total. The fraction of sp³-hybridized carbons (Fsp3) is 0.385. The van der Waals surface area contributed by atoms with Gasteiger partial charge in [0.1, 0.15) is 6.33 Å². The van der Waals surface area contributed by atoms with Crippen molar-refractivity contribution in [2.24, 2.45) is 5.41 Å². The van der Waals surface area contributed by atoms with E-state index in [0.717, 1.165) is 17.0 Å². The maximum Gasteiger partial charge on any atom is 0.116 e. The highest BCUT2D eigenvalue weighted by Gasteiger charge is 2.17. The van der Waals surface area contributed by atoms with Crippen LogP contribution in [0.1, 0.15) is 41.6 Å². The average molecular weight is 326 g/mol. The van der Waals surface area contributed by atoms with E-state index < -0.39 is 0 Å². The molecule has 0 radical (unpaired) electrons. The van der Waals surface area contributed by atoms with E-state index in [9.17, 15) is 0 Å². The molecule has 84 valence electrons. The Kier molecular flexibility index (Phi) is 3.15. The zero-order valence-electron chi connectivity index (χ0n) is 9.74. The molecule has 2 rings (SSSR count). The standard InChI is InChI=1S/C13H15IN2/c1-9(14)12-10-4-6-13(2,3)7-5-11(10)15-8-16-12/h4-9H,1-3H3. The molecule has 1 aromatic rings. The predicted octanol–water partition coefficient (Wildman–Crippen LogP) is 4.04. The van der Waals surface area contributed by atoms with Crippen molar-refractivity contribution in [2.45, 2.75) is 24.7 Å². The first kappa shape index (κ1) is 11.8. The summed E-state index contributed by atoms with van der Waals surface area (Å²) in [4.78, 5) is 8.71. The number of hydrogen-bond donors (Lipinski definition) is 0. The number of alkyl halides is 1. The van der Waals surface area contributed by atoms with Gasteiger partial charge in [-0.15, -0.1) is 0 Å². The van der Waals surface area contributed by atoms with Crippen molar-refractivity contribution in [3.63, 3.8) is 0 Å². The first-order valence-corrected chi connectivity index (χ1v) is 6.61. The van der Waals surface area contributed by atoms with E-state index in [1.807, 2.05) is 0 Å². The summed E-state index contributed by atoms with van der Waals surface area (Å²) in [5.74, 6) is 0. The Balaban J connectivity index is 2.59. The van der Waals surface area contributed by atoms with Gasteiger partial charge >= 0.3 is 0 Å². The molecule has 1 aliphatic rings. The van der Waals surface area contributed by atoms with Crippen LogP contribution in [-0.4, -0.2) is 9.97 Å². The number of aromatic nitrogens is 2. The minimum absolute atomic E-state index is 0.0898. The summed E-state index contributed by atoms with van der Waals surface area (Å²) in [7, 11) is 0. The normalized spacial score (nSPS) is 19.0. The molecule has 0 bridgehead atoms. The average Bonchev–Trinajstić information content (AvgIpc) is 2.38. The molecule has 0 aromatic carbocycles. The number of allylic oxidation sites excluding steroid dienone is 2. The van der Waals surface area contributed by atoms with Gasteiger partial charge in [0, 0.05) is 11.0 Å². The van der Waals surface area contributed by atoms with E-state index >= 15 is 0 Å². The molecular formula is C13H15IN2. The summed E-state index contributed by atoms with van der Waals surface area (Å²) < 4.78 is 0.397. The van der Waals surface area contributed by atoms with Crippen LogP contribution >= 0.6 is 22.6 Å². The SMILES string of the molecule is CC(I)c1ncnc2c1C=CC(C)(C)C=C2. The molecule has 1 atom stereocenters.